The molecule has 0 aliphatic rings. The Balaban J connectivity index is 1.47. The second-order valence-electron chi connectivity index (χ2n) is 5.51. The van der Waals surface area contributed by atoms with E-state index in [4.69, 9.17) is 0 Å². The fourth-order valence-corrected chi connectivity index (χ4v) is 2.90. The van der Waals surface area contributed by atoms with Crippen LogP contribution in [0.4, 0.5) is 0 Å². The smallest absolute Gasteiger partial charge is 0.253 e. The van der Waals surface area contributed by atoms with Gasteiger partial charge >= 0.3 is 0 Å². The van der Waals surface area contributed by atoms with Gasteiger partial charge in [-0.2, -0.15) is 5.10 Å². The van der Waals surface area contributed by atoms with E-state index in [1.807, 2.05) is 36.5 Å². The van der Waals surface area contributed by atoms with Crippen molar-refractivity contribution < 1.29 is 4.79 Å². The van der Waals surface area contributed by atoms with Crippen LogP contribution in [0.3, 0.4) is 0 Å². The predicted molar refractivity (Wildman–Crippen MR) is 90.4 cm³/mol. The Kier molecular flexibility index (Phi) is 3.31. The molecule has 0 fully saturated rings. The zero-order chi connectivity index (χ0) is 15.6. The van der Waals surface area contributed by atoms with Gasteiger partial charge in [-0.05, 0) is 24.1 Å². The fraction of sp³-hybridized carbons (Fsp3) is 0.111. The number of aromatic nitrogens is 3. The first-order valence-corrected chi connectivity index (χ1v) is 7.58. The molecule has 0 bridgehead atoms. The first-order chi connectivity index (χ1) is 11.3. The van der Waals surface area contributed by atoms with Crippen molar-refractivity contribution in [1.82, 2.24) is 20.5 Å². The second kappa shape index (κ2) is 5.61. The van der Waals surface area contributed by atoms with Gasteiger partial charge < -0.3 is 10.3 Å². The normalized spacial score (nSPS) is 11.1. The lowest BCUT2D eigenvalue weighted by molar-refractivity contribution is 0.0955. The van der Waals surface area contributed by atoms with Gasteiger partial charge in [0, 0.05) is 29.0 Å². The Bertz CT molecular complexity index is 983. The summed E-state index contributed by atoms with van der Waals surface area (Å²) in [5.74, 6) is -0.0836. The van der Waals surface area contributed by atoms with Crippen LogP contribution < -0.4 is 5.32 Å². The van der Waals surface area contributed by atoms with Crippen molar-refractivity contribution in [3.05, 3.63) is 66.0 Å². The van der Waals surface area contributed by atoms with Gasteiger partial charge in [-0.1, -0.05) is 30.3 Å². The summed E-state index contributed by atoms with van der Waals surface area (Å²) in [5.41, 5.74) is 3.73. The van der Waals surface area contributed by atoms with Gasteiger partial charge in [0.05, 0.1) is 17.3 Å². The number of para-hydroxylation sites is 2. The third-order valence-electron chi connectivity index (χ3n) is 4.08. The van der Waals surface area contributed by atoms with E-state index in [9.17, 15) is 4.79 Å². The van der Waals surface area contributed by atoms with Crippen LogP contribution in [0.15, 0.2) is 54.9 Å². The zero-order valence-corrected chi connectivity index (χ0v) is 12.5. The summed E-state index contributed by atoms with van der Waals surface area (Å²) in [5, 5.41) is 12.0. The highest BCUT2D eigenvalue weighted by molar-refractivity contribution is 6.05. The molecule has 5 nitrogen and oxygen atoms in total. The molecule has 2 aromatic heterocycles. The third kappa shape index (κ3) is 2.46. The molecule has 0 spiro atoms. The first-order valence-electron chi connectivity index (χ1n) is 7.58. The molecule has 0 radical (unpaired) electrons. The largest absolute Gasteiger partial charge is 0.361 e. The zero-order valence-electron chi connectivity index (χ0n) is 12.5. The molecule has 2 heterocycles. The number of nitrogens with zero attached hydrogens (tertiary/aromatic N) is 1. The molecule has 4 rings (SSSR count). The molecule has 0 unspecified atom stereocenters. The summed E-state index contributed by atoms with van der Waals surface area (Å²) >= 11 is 0. The molecule has 0 saturated heterocycles. The number of benzene rings is 2. The predicted octanol–water partition coefficient (Wildman–Crippen LogP) is 3.02. The fourth-order valence-electron chi connectivity index (χ4n) is 2.90. The molecule has 2 aromatic carbocycles. The van der Waals surface area contributed by atoms with Crippen LogP contribution >= 0.6 is 0 Å². The maximum absolute atomic E-state index is 12.4. The van der Waals surface area contributed by atoms with Gasteiger partial charge in [0.15, 0.2) is 0 Å². The molecular weight excluding hydrogens is 288 g/mol. The van der Waals surface area contributed by atoms with Gasteiger partial charge in [0.1, 0.15) is 0 Å². The highest BCUT2D eigenvalue weighted by Crippen LogP contribution is 2.18. The average Bonchev–Trinajstić information content (AvgIpc) is 3.21. The van der Waals surface area contributed by atoms with E-state index in [1.54, 1.807) is 6.20 Å². The molecule has 0 atom stereocenters. The highest BCUT2D eigenvalue weighted by atomic mass is 16.1. The Morgan fingerprint density at radius 3 is 3.00 bits per heavy atom. The van der Waals surface area contributed by atoms with Crippen LogP contribution in [-0.4, -0.2) is 27.6 Å². The Labute approximate surface area is 132 Å². The van der Waals surface area contributed by atoms with E-state index < -0.39 is 0 Å². The van der Waals surface area contributed by atoms with Crippen molar-refractivity contribution in [3.8, 4) is 0 Å². The van der Waals surface area contributed by atoms with Crippen molar-refractivity contribution in [3.63, 3.8) is 0 Å². The number of hydrogen-bond donors (Lipinski definition) is 3. The number of carbonyl (C=O) groups is 1. The number of H-pyrrole nitrogens is 2. The summed E-state index contributed by atoms with van der Waals surface area (Å²) in [6, 6.07) is 13.8. The number of fused-ring (bicyclic) bond motifs is 2. The average molecular weight is 304 g/mol. The summed E-state index contributed by atoms with van der Waals surface area (Å²) < 4.78 is 0. The minimum atomic E-state index is -0.0836. The summed E-state index contributed by atoms with van der Waals surface area (Å²) in [6.45, 7) is 0.588. The summed E-state index contributed by atoms with van der Waals surface area (Å²) in [6.07, 6.45) is 4.51. The van der Waals surface area contributed by atoms with Crippen LogP contribution in [0.25, 0.3) is 21.8 Å². The second-order valence-corrected chi connectivity index (χ2v) is 5.51. The Morgan fingerprint density at radius 2 is 2.04 bits per heavy atom. The van der Waals surface area contributed by atoms with Crippen molar-refractivity contribution in [2.24, 2.45) is 0 Å². The van der Waals surface area contributed by atoms with Crippen molar-refractivity contribution in [2.75, 3.05) is 6.54 Å². The standard InChI is InChI=1S/C18H16N4O/c23-18(15-6-3-4-13-11-21-22-17(13)15)19-9-8-12-10-20-16-7-2-1-5-14(12)16/h1-7,10-11,20H,8-9H2,(H,19,23)(H,21,22). The van der Waals surface area contributed by atoms with Crippen molar-refractivity contribution in [1.29, 1.82) is 0 Å². The monoisotopic (exact) mass is 304 g/mol. The molecule has 0 saturated carbocycles. The van der Waals surface area contributed by atoms with Crippen LogP contribution in [0.1, 0.15) is 15.9 Å². The maximum Gasteiger partial charge on any atom is 0.253 e. The molecular formula is C18H16N4O. The van der Waals surface area contributed by atoms with E-state index in [-0.39, 0.29) is 5.91 Å². The molecule has 3 N–H and O–H groups in total. The minimum absolute atomic E-state index is 0.0836. The van der Waals surface area contributed by atoms with Crippen LogP contribution in [0.5, 0.6) is 0 Å². The number of nitrogens with one attached hydrogen (secondary N) is 3. The van der Waals surface area contributed by atoms with Crippen LogP contribution in [-0.2, 0) is 6.42 Å². The Morgan fingerprint density at radius 1 is 1.13 bits per heavy atom. The van der Waals surface area contributed by atoms with Gasteiger partial charge in [-0.3, -0.25) is 9.89 Å². The molecule has 0 aliphatic carbocycles. The van der Waals surface area contributed by atoms with E-state index >= 15 is 0 Å². The molecule has 23 heavy (non-hydrogen) atoms. The number of hydrogen-bond acceptors (Lipinski definition) is 2. The summed E-state index contributed by atoms with van der Waals surface area (Å²) in [7, 11) is 0. The summed E-state index contributed by atoms with van der Waals surface area (Å²) in [4.78, 5) is 15.6. The van der Waals surface area contributed by atoms with Gasteiger partial charge in [0.25, 0.3) is 5.91 Å². The molecule has 5 heteroatoms. The van der Waals surface area contributed by atoms with Crippen molar-refractivity contribution in [2.45, 2.75) is 6.42 Å². The Hall–Kier alpha value is -3.08. The topological polar surface area (TPSA) is 73.6 Å². The lowest BCUT2D eigenvalue weighted by Gasteiger charge is -2.06. The first kappa shape index (κ1) is 13.6. The molecule has 4 aromatic rings. The SMILES string of the molecule is O=C(NCCc1c[nH]c2ccccc12)c1cccc2cn[nH]c12. The van der Waals surface area contributed by atoms with E-state index in [2.05, 4.69) is 32.6 Å². The third-order valence-corrected chi connectivity index (χ3v) is 4.08. The van der Waals surface area contributed by atoms with Crippen molar-refractivity contribution >= 4 is 27.7 Å². The molecule has 114 valence electrons. The number of carbonyl (C=O) groups excluding carboxylic acids is 1. The highest BCUT2D eigenvalue weighted by Gasteiger charge is 2.11. The van der Waals surface area contributed by atoms with Crippen LogP contribution in [0, 0.1) is 0 Å². The van der Waals surface area contributed by atoms with E-state index in [0.29, 0.717) is 12.1 Å². The van der Waals surface area contributed by atoms with Gasteiger partial charge in [0.2, 0.25) is 0 Å². The quantitative estimate of drug-likeness (QED) is 0.542. The molecule has 1 amide bonds. The lowest BCUT2D eigenvalue weighted by atomic mass is 10.1. The maximum atomic E-state index is 12.4. The number of aromatic amines is 2. The minimum Gasteiger partial charge on any atom is -0.361 e. The number of rotatable bonds is 4. The number of amides is 1. The molecule has 0 aliphatic heterocycles. The van der Waals surface area contributed by atoms with E-state index in [0.717, 1.165) is 22.8 Å². The van der Waals surface area contributed by atoms with Crippen LogP contribution in [0.2, 0.25) is 0 Å². The van der Waals surface area contributed by atoms with E-state index in [1.165, 1.54) is 10.9 Å². The van der Waals surface area contributed by atoms with Gasteiger partial charge in [-0.15, -0.1) is 0 Å². The van der Waals surface area contributed by atoms with Gasteiger partial charge in [-0.25, -0.2) is 0 Å². The lowest BCUT2D eigenvalue weighted by Crippen LogP contribution is -2.25.